The number of rotatable bonds is 10. The van der Waals surface area contributed by atoms with Gasteiger partial charge in [0.1, 0.15) is 0 Å². The van der Waals surface area contributed by atoms with Gasteiger partial charge in [0.2, 0.25) is 11.9 Å². The van der Waals surface area contributed by atoms with E-state index in [0.717, 1.165) is 31.2 Å². The summed E-state index contributed by atoms with van der Waals surface area (Å²) in [6, 6.07) is 7.09. The number of hydrogen-bond donors (Lipinski definition) is 0. The van der Waals surface area contributed by atoms with Crippen LogP contribution < -0.4 is 9.80 Å². The highest BCUT2D eigenvalue weighted by Crippen LogP contribution is 2.41. The number of nitro benzene ring substituents is 1. The number of nitrogens with zero attached hydrogens (tertiary/aromatic N) is 6. The van der Waals surface area contributed by atoms with Gasteiger partial charge in [-0.15, -0.1) is 0 Å². The first-order valence-electron chi connectivity index (χ1n) is 16.8. The molecule has 254 valence electrons. The Kier molecular flexibility index (Phi) is 9.75. The predicted octanol–water partition coefficient (Wildman–Crippen LogP) is 7.20. The second kappa shape index (κ2) is 12.9. The molecular formula is C33H54N6O5Si2. The molecule has 4 atom stereocenters. The summed E-state index contributed by atoms with van der Waals surface area (Å²) in [5.41, 5.74) is 0.758. The van der Waals surface area contributed by atoms with Crippen molar-refractivity contribution in [1.29, 1.82) is 0 Å². The molecule has 0 aliphatic carbocycles. The van der Waals surface area contributed by atoms with Crippen LogP contribution in [0.3, 0.4) is 0 Å². The molecule has 1 aromatic heterocycles. The molecule has 4 heterocycles. The summed E-state index contributed by atoms with van der Waals surface area (Å²) in [7, 11) is -4.01. The topological polar surface area (TPSA) is 116 Å². The summed E-state index contributed by atoms with van der Waals surface area (Å²) in [5, 5.41) is 11.6. The van der Waals surface area contributed by atoms with Crippen molar-refractivity contribution < 1.29 is 18.5 Å². The summed E-state index contributed by atoms with van der Waals surface area (Å²) >= 11 is 0. The lowest BCUT2D eigenvalue weighted by atomic mass is 10.2. The van der Waals surface area contributed by atoms with E-state index in [1.54, 1.807) is 12.1 Å². The zero-order valence-electron chi connectivity index (χ0n) is 29.5. The van der Waals surface area contributed by atoms with E-state index in [-0.39, 0.29) is 44.9 Å². The first-order chi connectivity index (χ1) is 21.4. The molecule has 0 radical (unpaired) electrons. The van der Waals surface area contributed by atoms with Crippen LogP contribution in [-0.2, 0) is 13.6 Å². The van der Waals surface area contributed by atoms with E-state index < -0.39 is 16.6 Å². The summed E-state index contributed by atoms with van der Waals surface area (Å²) in [6.07, 6.45) is 3.98. The number of morpholine rings is 1. The second-order valence-corrected chi connectivity index (χ2v) is 25.9. The Bertz CT molecular complexity index is 1340. The fourth-order valence-corrected chi connectivity index (χ4v) is 8.14. The zero-order valence-corrected chi connectivity index (χ0v) is 31.5. The van der Waals surface area contributed by atoms with Gasteiger partial charge in [-0.25, -0.2) is 0 Å². The normalized spacial score (nSPS) is 24.1. The standard InChI is InChI=1S/C33H54N6O5Si2/c1-32(2,3)45(7,8)43-21-27-17-18-28(22-44-46(9,10)33(4,5)6)38(27)31-35-29(23-11-13-24(14-12-23)39(40)41)34-30(36-31)37-25-15-16-26(37)20-42-19-25/h11-14,25-28H,15-22H2,1-10H3/t25?,26?,27-,28+. The van der Waals surface area contributed by atoms with Gasteiger partial charge in [-0.05, 0) is 74.1 Å². The SMILES string of the molecule is CC(C)(C)[Si](C)(C)OC[C@H]1CC[C@@H](CO[Si](C)(C)C(C)(C)C)N1c1nc(-c2ccc([N+](=O)[O-])cc2)nc(N2C3CCC2COC3)n1. The van der Waals surface area contributed by atoms with E-state index in [2.05, 4.69) is 77.5 Å². The second-order valence-electron chi connectivity index (χ2n) is 16.3. The minimum Gasteiger partial charge on any atom is -0.415 e. The molecule has 1 aromatic carbocycles. The van der Waals surface area contributed by atoms with Crippen molar-refractivity contribution in [3.63, 3.8) is 0 Å². The molecule has 5 rings (SSSR count). The number of fused-ring (bicyclic) bond motifs is 2. The maximum Gasteiger partial charge on any atom is 0.269 e. The molecule has 0 spiro atoms. The van der Waals surface area contributed by atoms with E-state index in [1.165, 1.54) is 12.1 Å². The largest absolute Gasteiger partial charge is 0.415 e. The van der Waals surface area contributed by atoms with E-state index in [1.807, 2.05) is 0 Å². The number of nitro groups is 1. The number of benzene rings is 1. The highest BCUT2D eigenvalue weighted by molar-refractivity contribution is 6.74. The van der Waals surface area contributed by atoms with Gasteiger partial charge in [0.05, 0.1) is 55.5 Å². The third kappa shape index (κ3) is 7.18. The van der Waals surface area contributed by atoms with Crippen molar-refractivity contribution in [2.24, 2.45) is 0 Å². The number of anilines is 2. The molecule has 2 aromatic rings. The lowest BCUT2D eigenvalue weighted by Gasteiger charge is -2.40. The van der Waals surface area contributed by atoms with Gasteiger partial charge in [0.15, 0.2) is 22.5 Å². The quantitative estimate of drug-likeness (QED) is 0.146. The molecule has 0 amide bonds. The monoisotopic (exact) mass is 670 g/mol. The highest BCUT2D eigenvalue weighted by atomic mass is 28.4. The molecular weight excluding hydrogens is 617 g/mol. The molecule has 0 saturated carbocycles. The molecule has 2 unspecified atom stereocenters. The van der Waals surface area contributed by atoms with E-state index in [9.17, 15) is 10.1 Å². The Hall–Kier alpha value is -2.46. The molecule has 0 N–H and O–H groups in total. The molecule has 13 heteroatoms. The maximum absolute atomic E-state index is 11.4. The van der Waals surface area contributed by atoms with Crippen LogP contribution in [0.25, 0.3) is 11.4 Å². The molecule has 3 aliphatic rings. The third-order valence-electron chi connectivity index (χ3n) is 11.2. The lowest BCUT2D eigenvalue weighted by Crippen LogP contribution is -2.50. The smallest absolute Gasteiger partial charge is 0.269 e. The third-order valence-corrected chi connectivity index (χ3v) is 20.2. The Morgan fingerprint density at radius 1 is 0.783 bits per heavy atom. The number of non-ortho nitro benzene ring substituents is 1. The molecule has 3 saturated heterocycles. The fourth-order valence-electron chi connectivity index (χ4n) is 6.06. The van der Waals surface area contributed by atoms with Crippen LogP contribution in [0.1, 0.15) is 67.2 Å². The Labute approximate surface area is 276 Å². The summed E-state index contributed by atoms with van der Waals surface area (Å²) in [5.74, 6) is 1.78. The average Bonchev–Trinajstić information content (AvgIpc) is 3.50. The van der Waals surface area contributed by atoms with Crippen LogP contribution in [-0.4, -0.2) is 87.1 Å². The summed E-state index contributed by atoms with van der Waals surface area (Å²) in [6.45, 7) is 25.3. The van der Waals surface area contributed by atoms with Gasteiger partial charge in [-0.2, -0.15) is 15.0 Å². The van der Waals surface area contributed by atoms with Gasteiger partial charge in [0, 0.05) is 17.7 Å². The van der Waals surface area contributed by atoms with Gasteiger partial charge in [-0.1, -0.05) is 41.5 Å². The predicted molar refractivity (Wildman–Crippen MR) is 188 cm³/mol. The number of hydrogen-bond acceptors (Lipinski definition) is 10. The van der Waals surface area contributed by atoms with Crippen LogP contribution in [0.2, 0.25) is 36.3 Å². The van der Waals surface area contributed by atoms with Crippen molar-refractivity contribution >= 4 is 34.2 Å². The van der Waals surface area contributed by atoms with Crippen LogP contribution in [0, 0.1) is 10.1 Å². The van der Waals surface area contributed by atoms with Crippen molar-refractivity contribution in [2.45, 2.75) is 128 Å². The van der Waals surface area contributed by atoms with Gasteiger partial charge >= 0.3 is 0 Å². The number of aromatic nitrogens is 3. The Morgan fingerprint density at radius 3 is 1.67 bits per heavy atom. The van der Waals surface area contributed by atoms with Gasteiger partial charge < -0.3 is 23.4 Å². The maximum atomic E-state index is 11.4. The zero-order chi connectivity index (χ0) is 33.7. The summed E-state index contributed by atoms with van der Waals surface area (Å²) in [4.78, 5) is 31.0. The minimum atomic E-state index is -2.01. The van der Waals surface area contributed by atoms with Crippen LogP contribution in [0.15, 0.2) is 24.3 Å². The van der Waals surface area contributed by atoms with E-state index >= 15 is 0 Å². The Morgan fingerprint density at radius 2 is 1.24 bits per heavy atom. The minimum absolute atomic E-state index is 0.0368. The first-order valence-corrected chi connectivity index (χ1v) is 22.6. The molecule has 46 heavy (non-hydrogen) atoms. The lowest BCUT2D eigenvalue weighted by molar-refractivity contribution is -0.384. The summed E-state index contributed by atoms with van der Waals surface area (Å²) < 4.78 is 19.5. The van der Waals surface area contributed by atoms with Gasteiger partial charge in [-0.3, -0.25) is 10.1 Å². The molecule has 3 fully saturated rings. The Balaban J connectivity index is 1.56. The van der Waals surface area contributed by atoms with Crippen molar-refractivity contribution in [1.82, 2.24) is 15.0 Å². The molecule has 11 nitrogen and oxygen atoms in total. The molecule has 3 aliphatic heterocycles. The van der Waals surface area contributed by atoms with Crippen molar-refractivity contribution in [2.75, 3.05) is 36.2 Å². The van der Waals surface area contributed by atoms with Gasteiger partial charge in [0.25, 0.3) is 5.69 Å². The first kappa shape index (κ1) is 34.9. The van der Waals surface area contributed by atoms with Crippen LogP contribution >= 0.6 is 0 Å². The van der Waals surface area contributed by atoms with Crippen molar-refractivity contribution in [3.05, 3.63) is 34.4 Å². The van der Waals surface area contributed by atoms with Crippen LogP contribution in [0.4, 0.5) is 17.6 Å². The average molecular weight is 671 g/mol. The van der Waals surface area contributed by atoms with E-state index in [4.69, 9.17) is 28.5 Å². The highest BCUT2D eigenvalue weighted by Gasteiger charge is 2.44. The van der Waals surface area contributed by atoms with Crippen molar-refractivity contribution in [3.8, 4) is 11.4 Å². The fraction of sp³-hybridized carbons (Fsp3) is 0.727. The van der Waals surface area contributed by atoms with Crippen LogP contribution in [0.5, 0.6) is 0 Å². The number of ether oxygens (including phenoxy) is 1. The molecule has 2 bridgehead atoms. The van der Waals surface area contributed by atoms with E-state index in [0.29, 0.717) is 44.1 Å².